The van der Waals surface area contributed by atoms with Gasteiger partial charge in [-0.25, -0.2) is 14.4 Å². The van der Waals surface area contributed by atoms with E-state index in [0.29, 0.717) is 11.6 Å². The molecule has 0 radical (unpaired) electrons. The number of benzene rings is 1. The first-order valence-electron chi connectivity index (χ1n) is 5.42. The minimum atomic E-state index is -0.350. The van der Waals surface area contributed by atoms with E-state index in [1.165, 1.54) is 24.4 Å². The second-order valence-corrected chi connectivity index (χ2v) is 3.77. The Balaban J connectivity index is 2.36. The monoisotopic (exact) mass is 261 g/mol. The van der Waals surface area contributed by atoms with Crippen LogP contribution in [0.5, 0.6) is 0 Å². The number of aromatic nitrogens is 2. The summed E-state index contributed by atoms with van der Waals surface area (Å²) in [5.41, 5.74) is 6.34. The summed E-state index contributed by atoms with van der Waals surface area (Å²) in [5, 5.41) is 11.5. The minimum absolute atomic E-state index is 0.115. The molecule has 0 aliphatic heterocycles. The number of halogens is 1. The Hall–Kier alpha value is -2.70. The number of hydrogen-bond acceptors (Lipinski definition) is 5. The molecule has 98 valence electrons. The van der Waals surface area contributed by atoms with Crippen LogP contribution in [0.2, 0.25) is 0 Å². The summed E-state index contributed by atoms with van der Waals surface area (Å²) in [6.45, 7) is 0. The van der Waals surface area contributed by atoms with E-state index in [-0.39, 0.29) is 17.3 Å². The summed E-state index contributed by atoms with van der Waals surface area (Å²) in [5.74, 6) is -0.150. The Kier molecular flexibility index (Phi) is 3.56. The standard InChI is InChI=1S/C12H12FN5O/c1-18(9-4-2-3-8(13)7-9)12-15-6-5-10(16-12)11(14)17-19/h2-7,19H,1H3,(H2,14,17). The molecule has 19 heavy (non-hydrogen) atoms. The zero-order valence-corrected chi connectivity index (χ0v) is 10.2. The molecule has 0 unspecified atom stereocenters. The molecule has 0 aliphatic rings. The molecule has 2 aromatic rings. The third-order valence-corrected chi connectivity index (χ3v) is 2.51. The van der Waals surface area contributed by atoms with Crippen molar-refractivity contribution >= 4 is 17.5 Å². The maximum absolute atomic E-state index is 13.2. The summed E-state index contributed by atoms with van der Waals surface area (Å²) in [6.07, 6.45) is 1.48. The highest BCUT2D eigenvalue weighted by Crippen LogP contribution is 2.20. The van der Waals surface area contributed by atoms with Gasteiger partial charge in [0.15, 0.2) is 5.84 Å². The lowest BCUT2D eigenvalue weighted by molar-refractivity contribution is 0.318. The third kappa shape index (κ3) is 2.76. The Morgan fingerprint density at radius 1 is 1.42 bits per heavy atom. The van der Waals surface area contributed by atoms with Crippen LogP contribution in [0.4, 0.5) is 16.0 Å². The average molecular weight is 261 g/mol. The lowest BCUT2D eigenvalue weighted by Crippen LogP contribution is -2.19. The van der Waals surface area contributed by atoms with Crippen LogP contribution < -0.4 is 10.6 Å². The number of amidine groups is 1. The largest absolute Gasteiger partial charge is 0.409 e. The van der Waals surface area contributed by atoms with Crippen LogP contribution in [0, 0.1) is 5.82 Å². The molecule has 0 aliphatic carbocycles. The number of oxime groups is 1. The minimum Gasteiger partial charge on any atom is -0.409 e. The van der Waals surface area contributed by atoms with E-state index in [9.17, 15) is 4.39 Å². The van der Waals surface area contributed by atoms with Gasteiger partial charge in [-0.15, -0.1) is 0 Å². The molecule has 0 spiro atoms. The van der Waals surface area contributed by atoms with Crippen LogP contribution in [0.1, 0.15) is 5.69 Å². The van der Waals surface area contributed by atoms with Gasteiger partial charge in [0, 0.05) is 18.9 Å². The summed E-state index contributed by atoms with van der Waals surface area (Å²) >= 11 is 0. The topological polar surface area (TPSA) is 87.6 Å². The Morgan fingerprint density at radius 2 is 2.21 bits per heavy atom. The average Bonchev–Trinajstić information content (AvgIpc) is 2.45. The Bertz CT molecular complexity index is 617. The van der Waals surface area contributed by atoms with Crippen LogP contribution in [0.15, 0.2) is 41.7 Å². The van der Waals surface area contributed by atoms with Crippen molar-refractivity contribution in [3.05, 3.63) is 48.0 Å². The fraction of sp³-hybridized carbons (Fsp3) is 0.0833. The highest BCUT2D eigenvalue weighted by atomic mass is 19.1. The number of anilines is 2. The summed E-state index contributed by atoms with van der Waals surface area (Å²) in [7, 11) is 1.69. The van der Waals surface area contributed by atoms with Crippen LogP contribution >= 0.6 is 0 Å². The first-order valence-corrected chi connectivity index (χ1v) is 5.42. The molecule has 1 aromatic carbocycles. The quantitative estimate of drug-likeness (QED) is 0.378. The Labute approximate surface area is 109 Å². The first kappa shape index (κ1) is 12.7. The molecule has 7 heteroatoms. The van der Waals surface area contributed by atoms with Crippen LogP contribution in [-0.4, -0.2) is 28.1 Å². The smallest absolute Gasteiger partial charge is 0.230 e. The molecule has 1 heterocycles. The third-order valence-electron chi connectivity index (χ3n) is 2.51. The van der Waals surface area contributed by atoms with Gasteiger partial charge in [-0.3, -0.25) is 0 Å². The second-order valence-electron chi connectivity index (χ2n) is 3.77. The maximum atomic E-state index is 13.2. The van der Waals surface area contributed by atoms with Gasteiger partial charge in [0.25, 0.3) is 0 Å². The van der Waals surface area contributed by atoms with E-state index in [0.717, 1.165) is 0 Å². The predicted octanol–water partition coefficient (Wildman–Crippen LogP) is 1.48. The van der Waals surface area contributed by atoms with Gasteiger partial charge in [-0.1, -0.05) is 11.2 Å². The normalized spacial score (nSPS) is 11.4. The molecule has 0 atom stereocenters. The van der Waals surface area contributed by atoms with Gasteiger partial charge in [0.1, 0.15) is 11.5 Å². The second kappa shape index (κ2) is 5.30. The van der Waals surface area contributed by atoms with Crippen molar-refractivity contribution in [2.45, 2.75) is 0 Å². The lowest BCUT2D eigenvalue weighted by Gasteiger charge is -2.17. The lowest BCUT2D eigenvalue weighted by atomic mass is 10.3. The zero-order valence-electron chi connectivity index (χ0n) is 10.2. The number of rotatable bonds is 3. The molecule has 0 fully saturated rings. The van der Waals surface area contributed by atoms with Crippen molar-refractivity contribution < 1.29 is 9.60 Å². The molecular formula is C12H12FN5O. The Morgan fingerprint density at radius 3 is 2.89 bits per heavy atom. The van der Waals surface area contributed by atoms with Crippen molar-refractivity contribution in [2.75, 3.05) is 11.9 Å². The van der Waals surface area contributed by atoms with Crippen LogP contribution in [0.3, 0.4) is 0 Å². The van der Waals surface area contributed by atoms with Gasteiger partial charge in [-0.05, 0) is 24.3 Å². The van der Waals surface area contributed by atoms with Gasteiger partial charge < -0.3 is 15.8 Å². The number of hydrogen-bond donors (Lipinski definition) is 2. The van der Waals surface area contributed by atoms with Crippen LogP contribution in [-0.2, 0) is 0 Å². The highest BCUT2D eigenvalue weighted by Gasteiger charge is 2.10. The van der Waals surface area contributed by atoms with Crippen LogP contribution in [0.25, 0.3) is 0 Å². The molecule has 0 saturated carbocycles. The van der Waals surface area contributed by atoms with Gasteiger partial charge >= 0.3 is 0 Å². The van der Waals surface area contributed by atoms with Crippen molar-refractivity contribution in [1.29, 1.82) is 0 Å². The highest BCUT2D eigenvalue weighted by molar-refractivity contribution is 5.95. The van der Waals surface area contributed by atoms with Gasteiger partial charge in [-0.2, -0.15) is 0 Å². The molecule has 0 saturated heterocycles. The van der Waals surface area contributed by atoms with Gasteiger partial charge in [0.2, 0.25) is 5.95 Å². The maximum Gasteiger partial charge on any atom is 0.230 e. The van der Waals surface area contributed by atoms with Crippen molar-refractivity contribution in [3.8, 4) is 0 Å². The fourth-order valence-corrected chi connectivity index (χ4v) is 1.50. The summed E-state index contributed by atoms with van der Waals surface area (Å²) in [4.78, 5) is 9.78. The van der Waals surface area contributed by atoms with E-state index in [1.54, 1.807) is 24.1 Å². The van der Waals surface area contributed by atoms with E-state index >= 15 is 0 Å². The predicted molar refractivity (Wildman–Crippen MR) is 69.0 cm³/mol. The van der Waals surface area contributed by atoms with E-state index in [2.05, 4.69) is 15.1 Å². The van der Waals surface area contributed by atoms with Crippen molar-refractivity contribution in [2.24, 2.45) is 10.9 Å². The molecule has 1 aromatic heterocycles. The summed E-state index contributed by atoms with van der Waals surface area (Å²) < 4.78 is 13.2. The molecule has 3 N–H and O–H groups in total. The summed E-state index contributed by atoms with van der Waals surface area (Å²) in [6, 6.07) is 7.54. The SMILES string of the molecule is CN(c1cccc(F)c1)c1nccc(/C(N)=N/O)n1. The van der Waals surface area contributed by atoms with Crippen molar-refractivity contribution in [3.63, 3.8) is 0 Å². The molecule has 0 amide bonds. The molecule has 0 bridgehead atoms. The molecular weight excluding hydrogens is 249 g/mol. The number of nitrogens with two attached hydrogens (primary N) is 1. The number of nitrogens with zero attached hydrogens (tertiary/aromatic N) is 4. The fourth-order valence-electron chi connectivity index (χ4n) is 1.50. The molecule has 6 nitrogen and oxygen atoms in total. The molecule has 2 rings (SSSR count). The zero-order chi connectivity index (χ0) is 13.8. The first-order chi connectivity index (χ1) is 9.11. The van der Waals surface area contributed by atoms with Crippen molar-refractivity contribution in [1.82, 2.24) is 9.97 Å². The van der Waals surface area contributed by atoms with E-state index in [4.69, 9.17) is 10.9 Å². The van der Waals surface area contributed by atoms with E-state index < -0.39 is 0 Å². The van der Waals surface area contributed by atoms with Gasteiger partial charge in [0.05, 0.1) is 0 Å². The van der Waals surface area contributed by atoms with E-state index in [1.807, 2.05) is 0 Å².